The number of benzene rings is 1. The summed E-state index contributed by atoms with van der Waals surface area (Å²) < 4.78 is 0. The zero-order valence-electron chi connectivity index (χ0n) is 11.8. The first-order valence-corrected chi connectivity index (χ1v) is 6.63. The van der Waals surface area contributed by atoms with Crippen LogP contribution in [0.1, 0.15) is 23.4 Å². The fourth-order valence-electron chi connectivity index (χ4n) is 2.07. The Labute approximate surface area is 114 Å². The SMILES string of the molecule is CNC(CCc1ccc(C)cc1)Cc1nnn(C)n1. The van der Waals surface area contributed by atoms with Gasteiger partial charge in [0.2, 0.25) is 0 Å². The normalized spacial score (nSPS) is 12.6. The van der Waals surface area contributed by atoms with Gasteiger partial charge in [-0.15, -0.1) is 10.2 Å². The van der Waals surface area contributed by atoms with Gasteiger partial charge < -0.3 is 5.32 Å². The Kier molecular flexibility index (Phi) is 4.63. The predicted octanol–water partition coefficient (Wildman–Crippen LogP) is 1.28. The van der Waals surface area contributed by atoms with Gasteiger partial charge in [-0.1, -0.05) is 29.8 Å². The van der Waals surface area contributed by atoms with E-state index in [1.807, 2.05) is 7.05 Å². The minimum atomic E-state index is 0.380. The van der Waals surface area contributed by atoms with Gasteiger partial charge in [-0.25, -0.2) is 0 Å². The van der Waals surface area contributed by atoms with Crippen molar-refractivity contribution in [2.45, 2.75) is 32.2 Å². The average molecular weight is 259 g/mol. The van der Waals surface area contributed by atoms with Crippen LogP contribution in [0.5, 0.6) is 0 Å². The van der Waals surface area contributed by atoms with Gasteiger partial charge in [0.15, 0.2) is 5.82 Å². The number of hydrogen-bond acceptors (Lipinski definition) is 4. The van der Waals surface area contributed by atoms with E-state index in [0.29, 0.717) is 6.04 Å². The first-order valence-electron chi connectivity index (χ1n) is 6.63. The van der Waals surface area contributed by atoms with Crippen LogP contribution >= 0.6 is 0 Å². The van der Waals surface area contributed by atoms with Gasteiger partial charge in [0.1, 0.15) is 0 Å². The second kappa shape index (κ2) is 6.43. The zero-order valence-corrected chi connectivity index (χ0v) is 11.8. The van der Waals surface area contributed by atoms with Crippen molar-refractivity contribution in [2.75, 3.05) is 7.05 Å². The third-order valence-electron chi connectivity index (χ3n) is 3.29. The number of likely N-dealkylation sites (N-methyl/N-ethyl adjacent to an activating group) is 1. The van der Waals surface area contributed by atoms with E-state index in [1.165, 1.54) is 15.9 Å². The fraction of sp³-hybridized carbons (Fsp3) is 0.500. The molecular weight excluding hydrogens is 238 g/mol. The van der Waals surface area contributed by atoms with E-state index in [4.69, 9.17) is 0 Å². The van der Waals surface area contributed by atoms with Crippen molar-refractivity contribution in [3.05, 3.63) is 41.2 Å². The molecule has 0 saturated carbocycles. The Morgan fingerprint density at radius 3 is 2.58 bits per heavy atom. The van der Waals surface area contributed by atoms with Crippen molar-refractivity contribution in [1.82, 2.24) is 25.5 Å². The lowest BCUT2D eigenvalue weighted by molar-refractivity contribution is 0.507. The molecule has 2 rings (SSSR count). The molecule has 0 aliphatic heterocycles. The molecule has 2 aromatic rings. The maximum absolute atomic E-state index is 4.22. The summed E-state index contributed by atoms with van der Waals surface area (Å²) in [4.78, 5) is 1.50. The Balaban J connectivity index is 1.87. The molecule has 1 atom stereocenters. The highest BCUT2D eigenvalue weighted by molar-refractivity contribution is 5.21. The van der Waals surface area contributed by atoms with Crippen molar-refractivity contribution in [1.29, 1.82) is 0 Å². The second-order valence-electron chi connectivity index (χ2n) is 4.91. The monoisotopic (exact) mass is 259 g/mol. The van der Waals surface area contributed by atoms with Crippen molar-refractivity contribution in [3.63, 3.8) is 0 Å². The lowest BCUT2D eigenvalue weighted by Crippen LogP contribution is -2.28. The summed E-state index contributed by atoms with van der Waals surface area (Å²) in [5, 5.41) is 15.4. The van der Waals surface area contributed by atoms with Crippen molar-refractivity contribution in [3.8, 4) is 0 Å². The first-order chi connectivity index (χ1) is 9.17. The van der Waals surface area contributed by atoms with Crippen LogP contribution in [0.3, 0.4) is 0 Å². The highest BCUT2D eigenvalue weighted by atomic mass is 15.6. The van der Waals surface area contributed by atoms with Crippen molar-refractivity contribution < 1.29 is 0 Å². The lowest BCUT2D eigenvalue weighted by atomic mass is 10.0. The number of aromatic nitrogens is 4. The third-order valence-corrected chi connectivity index (χ3v) is 3.29. The molecule has 102 valence electrons. The van der Waals surface area contributed by atoms with Crippen LogP contribution in [0.2, 0.25) is 0 Å². The minimum Gasteiger partial charge on any atom is -0.317 e. The minimum absolute atomic E-state index is 0.380. The van der Waals surface area contributed by atoms with E-state index in [-0.39, 0.29) is 0 Å². The highest BCUT2D eigenvalue weighted by Crippen LogP contribution is 2.09. The molecule has 0 aliphatic rings. The molecule has 0 radical (unpaired) electrons. The van der Waals surface area contributed by atoms with Gasteiger partial charge in [-0.2, -0.15) is 4.80 Å². The van der Waals surface area contributed by atoms with Crippen LogP contribution in [0.15, 0.2) is 24.3 Å². The Morgan fingerprint density at radius 1 is 1.26 bits per heavy atom. The highest BCUT2D eigenvalue weighted by Gasteiger charge is 2.11. The van der Waals surface area contributed by atoms with E-state index < -0.39 is 0 Å². The first kappa shape index (κ1) is 13.7. The van der Waals surface area contributed by atoms with Crippen LogP contribution in [-0.4, -0.2) is 33.3 Å². The smallest absolute Gasteiger partial charge is 0.176 e. The van der Waals surface area contributed by atoms with Crippen LogP contribution in [0.25, 0.3) is 0 Å². The van der Waals surface area contributed by atoms with Gasteiger partial charge in [0, 0.05) is 12.5 Å². The summed E-state index contributed by atoms with van der Waals surface area (Å²) in [5.74, 6) is 0.797. The van der Waals surface area contributed by atoms with Gasteiger partial charge >= 0.3 is 0 Å². The van der Waals surface area contributed by atoms with Crippen LogP contribution < -0.4 is 5.32 Å². The molecular formula is C14H21N5. The third kappa shape index (κ3) is 4.13. The van der Waals surface area contributed by atoms with E-state index in [9.17, 15) is 0 Å². The molecule has 1 N–H and O–H groups in total. The number of aryl methyl sites for hydroxylation is 3. The van der Waals surface area contributed by atoms with E-state index in [2.05, 4.69) is 51.9 Å². The molecule has 0 aliphatic carbocycles. The van der Waals surface area contributed by atoms with Gasteiger partial charge in [0.25, 0.3) is 0 Å². The average Bonchev–Trinajstić information content (AvgIpc) is 2.82. The molecule has 0 amide bonds. The Hall–Kier alpha value is -1.75. The number of hydrogen-bond donors (Lipinski definition) is 1. The van der Waals surface area contributed by atoms with Crippen LogP contribution in [0.4, 0.5) is 0 Å². The molecule has 1 unspecified atom stereocenters. The molecule has 5 heteroatoms. The molecule has 0 bridgehead atoms. The standard InChI is InChI=1S/C14H21N5/c1-11-4-6-12(7-5-11)8-9-13(15-2)10-14-16-18-19(3)17-14/h4-7,13,15H,8-10H2,1-3H3. The summed E-state index contributed by atoms with van der Waals surface area (Å²) in [5.41, 5.74) is 2.68. The molecule has 1 aromatic carbocycles. The van der Waals surface area contributed by atoms with Crippen LogP contribution in [-0.2, 0) is 19.9 Å². The largest absolute Gasteiger partial charge is 0.317 e. The van der Waals surface area contributed by atoms with Gasteiger partial charge in [-0.3, -0.25) is 0 Å². The topological polar surface area (TPSA) is 55.6 Å². The number of rotatable bonds is 6. The van der Waals surface area contributed by atoms with Gasteiger partial charge in [-0.05, 0) is 37.6 Å². The molecule has 1 heterocycles. The quantitative estimate of drug-likeness (QED) is 0.849. The van der Waals surface area contributed by atoms with Gasteiger partial charge in [0.05, 0.1) is 7.05 Å². The zero-order chi connectivity index (χ0) is 13.7. The summed E-state index contributed by atoms with van der Waals surface area (Å²) >= 11 is 0. The van der Waals surface area contributed by atoms with Crippen molar-refractivity contribution in [2.24, 2.45) is 7.05 Å². The molecule has 19 heavy (non-hydrogen) atoms. The summed E-state index contributed by atoms with van der Waals surface area (Å²) in [6.45, 7) is 2.11. The Morgan fingerprint density at radius 2 is 2.00 bits per heavy atom. The molecule has 1 aromatic heterocycles. The van der Waals surface area contributed by atoms with Crippen molar-refractivity contribution >= 4 is 0 Å². The number of tetrazole rings is 1. The molecule has 0 saturated heterocycles. The maximum atomic E-state index is 4.22. The number of nitrogens with zero attached hydrogens (tertiary/aromatic N) is 4. The second-order valence-corrected chi connectivity index (χ2v) is 4.91. The lowest BCUT2D eigenvalue weighted by Gasteiger charge is -2.14. The summed E-state index contributed by atoms with van der Waals surface area (Å²) in [7, 11) is 3.77. The predicted molar refractivity (Wildman–Crippen MR) is 74.8 cm³/mol. The Bertz CT molecular complexity index is 503. The van der Waals surface area contributed by atoms with E-state index >= 15 is 0 Å². The van der Waals surface area contributed by atoms with E-state index in [0.717, 1.165) is 25.1 Å². The summed E-state index contributed by atoms with van der Waals surface area (Å²) in [6.07, 6.45) is 2.94. The molecule has 0 fully saturated rings. The summed E-state index contributed by atoms with van der Waals surface area (Å²) in [6, 6.07) is 9.10. The molecule has 0 spiro atoms. The maximum Gasteiger partial charge on any atom is 0.176 e. The van der Waals surface area contributed by atoms with Crippen LogP contribution in [0, 0.1) is 6.92 Å². The molecule has 5 nitrogen and oxygen atoms in total. The fourth-order valence-corrected chi connectivity index (χ4v) is 2.07. The number of nitrogens with one attached hydrogen (secondary N) is 1. The van der Waals surface area contributed by atoms with E-state index in [1.54, 1.807) is 7.05 Å².